The van der Waals surface area contributed by atoms with Crippen molar-refractivity contribution in [3.05, 3.63) is 35.9 Å². The Bertz CT molecular complexity index is 533. The summed E-state index contributed by atoms with van der Waals surface area (Å²) < 4.78 is 5.15. The van der Waals surface area contributed by atoms with E-state index >= 15 is 0 Å². The Morgan fingerprint density at radius 3 is 2.79 bits per heavy atom. The van der Waals surface area contributed by atoms with E-state index in [1.807, 2.05) is 30.3 Å². The molecular formula is C18H26N2O4. The molecule has 1 saturated heterocycles. The number of amides is 2. The van der Waals surface area contributed by atoms with Gasteiger partial charge in [-0.1, -0.05) is 30.3 Å². The minimum absolute atomic E-state index is 0.0563. The number of carbonyl (C=O) groups excluding carboxylic acids is 2. The van der Waals surface area contributed by atoms with Crippen LogP contribution in [0.4, 0.5) is 4.79 Å². The fourth-order valence-corrected chi connectivity index (χ4v) is 2.99. The lowest BCUT2D eigenvalue weighted by molar-refractivity contribution is -0.137. The number of aliphatic hydroxyl groups excluding tert-OH is 1. The first-order valence-corrected chi connectivity index (χ1v) is 8.50. The van der Waals surface area contributed by atoms with E-state index in [9.17, 15) is 9.59 Å². The third-order valence-electron chi connectivity index (χ3n) is 4.29. The molecule has 0 aromatic heterocycles. The molecule has 2 amide bonds. The number of hydrogen-bond donors (Lipinski definition) is 2. The van der Waals surface area contributed by atoms with Gasteiger partial charge in [0.15, 0.2) is 0 Å². The molecule has 1 aliphatic rings. The van der Waals surface area contributed by atoms with Gasteiger partial charge in [-0.25, -0.2) is 4.79 Å². The highest BCUT2D eigenvalue weighted by Gasteiger charge is 2.30. The zero-order valence-electron chi connectivity index (χ0n) is 14.1. The highest BCUT2D eigenvalue weighted by atomic mass is 16.5. The molecule has 1 fully saturated rings. The summed E-state index contributed by atoms with van der Waals surface area (Å²) in [5.41, 5.74) is 0.894. The number of rotatable bonds is 6. The second kappa shape index (κ2) is 9.27. The summed E-state index contributed by atoms with van der Waals surface area (Å²) in [5, 5.41) is 11.7. The van der Waals surface area contributed by atoms with Crippen LogP contribution in [0.25, 0.3) is 0 Å². The quantitative estimate of drug-likeness (QED) is 0.835. The van der Waals surface area contributed by atoms with Gasteiger partial charge in [0.25, 0.3) is 0 Å². The van der Waals surface area contributed by atoms with Crippen LogP contribution in [0, 0.1) is 0 Å². The highest BCUT2D eigenvalue weighted by molar-refractivity contribution is 5.85. The van der Waals surface area contributed by atoms with E-state index in [0.717, 1.165) is 24.8 Å². The van der Waals surface area contributed by atoms with E-state index in [2.05, 4.69) is 5.32 Å². The Morgan fingerprint density at radius 1 is 1.33 bits per heavy atom. The number of piperidine rings is 1. The SMILES string of the molecule is CC(NC(=O)OCc1ccccc1)C(=O)N1CCCCC1CCO. The van der Waals surface area contributed by atoms with Crippen molar-refractivity contribution in [2.75, 3.05) is 13.2 Å². The predicted molar refractivity (Wildman–Crippen MR) is 90.3 cm³/mol. The highest BCUT2D eigenvalue weighted by Crippen LogP contribution is 2.20. The zero-order valence-corrected chi connectivity index (χ0v) is 14.1. The van der Waals surface area contributed by atoms with Gasteiger partial charge in [0, 0.05) is 19.2 Å². The number of benzene rings is 1. The molecule has 2 N–H and O–H groups in total. The Balaban J connectivity index is 1.82. The second-order valence-electron chi connectivity index (χ2n) is 6.12. The van der Waals surface area contributed by atoms with Crippen molar-refractivity contribution in [2.24, 2.45) is 0 Å². The lowest BCUT2D eigenvalue weighted by atomic mass is 9.99. The van der Waals surface area contributed by atoms with E-state index in [1.165, 1.54) is 0 Å². The number of ether oxygens (including phenoxy) is 1. The maximum absolute atomic E-state index is 12.6. The van der Waals surface area contributed by atoms with Crippen LogP contribution in [-0.4, -0.2) is 47.2 Å². The lowest BCUT2D eigenvalue weighted by Gasteiger charge is -2.37. The topological polar surface area (TPSA) is 78.9 Å². The summed E-state index contributed by atoms with van der Waals surface area (Å²) >= 11 is 0. The first-order chi connectivity index (χ1) is 11.6. The van der Waals surface area contributed by atoms with Gasteiger partial charge in [0.05, 0.1) is 0 Å². The Kier molecular flexibility index (Phi) is 7.06. The summed E-state index contributed by atoms with van der Waals surface area (Å²) in [7, 11) is 0. The molecule has 24 heavy (non-hydrogen) atoms. The molecule has 1 aromatic carbocycles. The van der Waals surface area contributed by atoms with Crippen LogP contribution < -0.4 is 5.32 Å². The van der Waals surface area contributed by atoms with Crippen LogP contribution in [-0.2, 0) is 16.1 Å². The van der Waals surface area contributed by atoms with E-state index < -0.39 is 12.1 Å². The number of nitrogens with zero attached hydrogens (tertiary/aromatic N) is 1. The maximum Gasteiger partial charge on any atom is 0.408 e. The van der Waals surface area contributed by atoms with Crippen molar-refractivity contribution in [3.63, 3.8) is 0 Å². The zero-order chi connectivity index (χ0) is 17.4. The number of nitrogens with one attached hydrogen (secondary N) is 1. The summed E-state index contributed by atoms with van der Waals surface area (Å²) in [5.74, 6) is -0.121. The largest absolute Gasteiger partial charge is 0.445 e. The standard InChI is InChI=1S/C18H26N2O4/c1-14(17(22)20-11-6-5-9-16(20)10-12-21)19-18(23)24-13-15-7-3-2-4-8-15/h2-4,7-8,14,16,21H,5-6,9-13H2,1H3,(H,19,23). The van der Waals surface area contributed by atoms with Crippen LogP contribution in [0.1, 0.15) is 38.2 Å². The molecule has 0 spiro atoms. The summed E-state index contributed by atoms with van der Waals surface area (Å²) in [6.07, 6.45) is 2.90. The number of hydrogen-bond acceptors (Lipinski definition) is 4. The Hall–Kier alpha value is -2.08. The monoisotopic (exact) mass is 334 g/mol. The molecule has 0 aliphatic carbocycles. The van der Waals surface area contributed by atoms with E-state index in [0.29, 0.717) is 13.0 Å². The van der Waals surface area contributed by atoms with Crippen molar-refractivity contribution in [2.45, 2.75) is 51.3 Å². The van der Waals surface area contributed by atoms with E-state index in [-0.39, 0.29) is 25.2 Å². The van der Waals surface area contributed by atoms with Gasteiger partial charge in [-0.3, -0.25) is 4.79 Å². The molecule has 1 aliphatic heterocycles. The lowest BCUT2D eigenvalue weighted by Crippen LogP contribution is -2.52. The van der Waals surface area contributed by atoms with Crippen LogP contribution in [0.15, 0.2) is 30.3 Å². The summed E-state index contributed by atoms with van der Waals surface area (Å²) in [6, 6.07) is 8.80. The van der Waals surface area contributed by atoms with Crippen molar-refractivity contribution >= 4 is 12.0 Å². The van der Waals surface area contributed by atoms with Crippen LogP contribution in [0.3, 0.4) is 0 Å². The number of carbonyl (C=O) groups is 2. The molecule has 2 rings (SSSR count). The van der Waals surface area contributed by atoms with E-state index in [1.54, 1.807) is 11.8 Å². The smallest absolute Gasteiger partial charge is 0.408 e. The molecule has 1 aromatic rings. The van der Waals surface area contributed by atoms with E-state index in [4.69, 9.17) is 9.84 Å². The summed E-state index contributed by atoms with van der Waals surface area (Å²) in [6.45, 7) is 2.57. The fraction of sp³-hybridized carbons (Fsp3) is 0.556. The molecular weight excluding hydrogens is 308 g/mol. The van der Waals surface area contributed by atoms with Gasteiger partial charge in [0.1, 0.15) is 12.6 Å². The van der Waals surface area contributed by atoms with Crippen LogP contribution in [0.2, 0.25) is 0 Å². The average Bonchev–Trinajstić information content (AvgIpc) is 2.61. The van der Waals surface area contributed by atoms with Crippen molar-refractivity contribution < 1.29 is 19.4 Å². The third-order valence-corrected chi connectivity index (χ3v) is 4.29. The Morgan fingerprint density at radius 2 is 2.08 bits per heavy atom. The first-order valence-electron chi connectivity index (χ1n) is 8.50. The molecule has 6 heteroatoms. The molecule has 0 saturated carbocycles. The number of aliphatic hydroxyl groups is 1. The van der Waals surface area contributed by atoms with Crippen molar-refractivity contribution in [1.29, 1.82) is 0 Å². The third kappa shape index (κ3) is 5.23. The van der Waals surface area contributed by atoms with Gasteiger partial charge in [-0.15, -0.1) is 0 Å². The normalized spacial score (nSPS) is 18.8. The maximum atomic E-state index is 12.6. The van der Waals surface area contributed by atoms with Crippen LogP contribution >= 0.6 is 0 Å². The van der Waals surface area contributed by atoms with Crippen LogP contribution in [0.5, 0.6) is 0 Å². The number of alkyl carbamates (subject to hydrolysis) is 1. The van der Waals surface area contributed by atoms with Gasteiger partial charge < -0.3 is 20.1 Å². The molecule has 2 atom stereocenters. The molecule has 0 radical (unpaired) electrons. The van der Waals surface area contributed by atoms with Crippen molar-refractivity contribution in [3.8, 4) is 0 Å². The molecule has 0 bridgehead atoms. The molecule has 1 heterocycles. The minimum Gasteiger partial charge on any atom is -0.445 e. The van der Waals surface area contributed by atoms with Gasteiger partial charge >= 0.3 is 6.09 Å². The number of likely N-dealkylation sites (tertiary alicyclic amines) is 1. The minimum atomic E-state index is -0.646. The predicted octanol–water partition coefficient (Wildman–Crippen LogP) is 2.06. The Labute approximate surface area is 142 Å². The van der Waals surface area contributed by atoms with Gasteiger partial charge in [0.2, 0.25) is 5.91 Å². The molecule has 2 unspecified atom stereocenters. The van der Waals surface area contributed by atoms with Crippen molar-refractivity contribution in [1.82, 2.24) is 10.2 Å². The second-order valence-corrected chi connectivity index (χ2v) is 6.12. The first kappa shape index (κ1) is 18.3. The van der Waals surface area contributed by atoms with Gasteiger partial charge in [-0.2, -0.15) is 0 Å². The van der Waals surface area contributed by atoms with Gasteiger partial charge in [-0.05, 0) is 38.2 Å². The summed E-state index contributed by atoms with van der Waals surface area (Å²) in [4.78, 5) is 26.2. The average molecular weight is 334 g/mol. The molecule has 132 valence electrons. The fourth-order valence-electron chi connectivity index (χ4n) is 2.99. The molecule has 6 nitrogen and oxygen atoms in total.